The number of methoxy groups -OCH3 is 2. The summed E-state index contributed by atoms with van der Waals surface area (Å²) in [5.41, 5.74) is 0.789. The van der Waals surface area contributed by atoms with Crippen molar-refractivity contribution in [2.24, 2.45) is 0 Å². The molecule has 5 heterocycles. The fourth-order valence-corrected chi connectivity index (χ4v) is 6.66. The molecule has 0 saturated carbocycles. The van der Waals surface area contributed by atoms with E-state index in [1.165, 1.54) is 24.0 Å². The Morgan fingerprint density at radius 3 is 1.53 bits per heavy atom. The first-order valence-electron chi connectivity index (χ1n) is 14.5. The average molecular weight is 609 g/mol. The fraction of sp³-hybridized carbons (Fsp3) is 0.724. The minimum Gasteiger partial charge on any atom is -0.388 e. The van der Waals surface area contributed by atoms with E-state index in [0.29, 0.717) is 11.4 Å². The lowest BCUT2D eigenvalue weighted by Gasteiger charge is -2.32. The Balaban J connectivity index is 1.20. The van der Waals surface area contributed by atoms with Crippen molar-refractivity contribution >= 4 is 23.2 Å². The maximum atomic E-state index is 13.5. The van der Waals surface area contributed by atoms with Gasteiger partial charge in [-0.15, -0.1) is 0 Å². The van der Waals surface area contributed by atoms with Crippen molar-refractivity contribution in [3.63, 3.8) is 0 Å². The molecule has 0 aliphatic carbocycles. The third-order valence-electron chi connectivity index (χ3n) is 8.46. The molecule has 2 amide bonds. The zero-order valence-electron chi connectivity index (χ0n) is 25.1. The van der Waals surface area contributed by atoms with Crippen LogP contribution in [0.3, 0.4) is 0 Å². The van der Waals surface area contributed by atoms with Crippen molar-refractivity contribution < 1.29 is 57.7 Å². The Bertz CT molecular complexity index is 1140. The molecule has 14 nitrogen and oxygen atoms in total. The van der Waals surface area contributed by atoms with Crippen LogP contribution in [-0.2, 0) is 47.5 Å². The molecule has 14 heteroatoms. The molecule has 238 valence electrons. The highest BCUT2D eigenvalue weighted by Crippen LogP contribution is 2.42. The summed E-state index contributed by atoms with van der Waals surface area (Å²) >= 11 is 0. The van der Waals surface area contributed by atoms with E-state index in [1.807, 2.05) is 0 Å². The molecule has 0 radical (unpaired) electrons. The molecular weight excluding hydrogens is 568 g/mol. The topological polar surface area (TPSA) is 155 Å². The van der Waals surface area contributed by atoms with Gasteiger partial charge in [-0.1, -0.05) is 12.1 Å². The smallest absolute Gasteiger partial charge is 0.236 e. The number of nitrogens with zero attached hydrogens (tertiary/aromatic N) is 2. The van der Waals surface area contributed by atoms with E-state index in [0.717, 1.165) is 0 Å². The lowest BCUT2D eigenvalue weighted by molar-refractivity contribution is -0.227. The van der Waals surface area contributed by atoms with Crippen molar-refractivity contribution in [1.82, 2.24) is 0 Å². The van der Waals surface area contributed by atoms with Gasteiger partial charge in [0.2, 0.25) is 11.8 Å². The zero-order chi connectivity index (χ0) is 30.8. The van der Waals surface area contributed by atoms with Gasteiger partial charge in [0.25, 0.3) is 0 Å². The molecule has 10 atom stereocenters. The van der Waals surface area contributed by atoms with Crippen LogP contribution in [0.1, 0.15) is 34.1 Å². The van der Waals surface area contributed by atoms with Crippen LogP contribution < -0.4 is 9.80 Å². The van der Waals surface area contributed by atoms with E-state index in [2.05, 4.69) is 0 Å². The van der Waals surface area contributed by atoms with Crippen molar-refractivity contribution in [2.45, 2.75) is 107 Å². The molecule has 5 aliphatic heterocycles. The Hall–Kier alpha value is -2.24. The van der Waals surface area contributed by atoms with Gasteiger partial charge in [-0.3, -0.25) is 9.59 Å². The van der Waals surface area contributed by atoms with Crippen LogP contribution in [0.15, 0.2) is 24.3 Å². The summed E-state index contributed by atoms with van der Waals surface area (Å²) in [5.74, 6) is -2.75. The quantitative estimate of drug-likeness (QED) is 0.389. The number of aliphatic hydroxyl groups excluding tert-OH is 2. The largest absolute Gasteiger partial charge is 0.388 e. The van der Waals surface area contributed by atoms with Gasteiger partial charge in [-0.2, -0.15) is 0 Å². The molecular formula is C29H40N2O12. The first-order valence-corrected chi connectivity index (χ1v) is 14.5. The van der Waals surface area contributed by atoms with Crippen LogP contribution in [0.2, 0.25) is 0 Å². The van der Waals surface area contributed by atoms with Crippen LogP contribution in [0.25, 0.3) is 0 Å². The van der Waals surface area contributed by atoms with Crippen LogP contribution in [-0.4, -0.2) is 122 Å². The molecule has 0 spiro atoms. The molecule has 4 fully saturated rings. The zero-order valence-corrected chi connectivity index (χ0v) is 25.1. The van der Waals surface area contributed by atoms with Gasteiger partial charge in [-0.05, 0) is 39.8 Å². The number of para-hydroxylation sites is 2. The number of ether oxygens (including phenoxy) is 8. The second-order valence-corrected chi connectivity index (χ2v) is 12.3. The van der Waals surface area contributed by atoms with Gasteiger partial charge in [0.05, 0.1) is 24.5 Å². The molecule has 43 heavy (non-hydrogen) atoms. The van der Waals surface area contributed by atoms with E-state index >= 15 is 0 Å². The fourth-order valence-electron chi connectivity index (χ4n) is 6.66. The summed E-state index contributed by atoms with van der Waals surface area (Å²) in [6.07, 6.45) is -8.47. The minimum absolute atomic E-state index is 0.182. The second-order valence-electron chi connectivity index (χ2n) is 12.3. The maximum absolute atomic E-state index is 13.5. The molecule has 4 saturated heterocycles. The van der Waals surface area contributed by atoms with Crippen molar-refractivity contribution in [3.05, 3.63) is 24.3 Å². The number of anilines is 2. The molecule has 1 aromatic carbocycles. The summed E-state index contributed by atoms with van der Waals surface area (Å²) in [7, 11) is 2.99. The Kier molecular flexibility index (Phi) is 8.07. The van der Waals surface area contributed by atoms with Crippen LogP contribution in [0.4, 0.5) is 11.4 Å². The van der Waals surface area contributed by atoms with E-state index in [1.54, 1.807) is 52.0 Å². The first kappa shape index (κ1) is 30.8. The first-order chi connectivity index (χ1) is 20.3. The van der Waals surface area contributed by atoms with E-state index in [9.17, 15) is 19.8 Å². The van der Waals surface area contributed by atoms with Gasteiger partial charge < -0.3 is 57.9 Å². The van der Waals surface area contributed by atoms with Gasteiger partial charge in [0.1, 0.15) is 55.3 Å². The van der Waals surface area contributed by atoms with E-state index in [-0.39, 0.29) is 13.1 Å². The molecule has 5 aliphatic rings. The number of rotatable bonds is 8. The monoisotopic (exact) mass is 608 g/mol. The molecule has 6 rings (SSSR count). The molecule has 2 N–H and O–H groups in total. The Morgan fingerprint density at radius 2 is 1.16 bits per heavy atom. The number of aliphatic hydroxyl groups is 2. The van der Waals surface area contributed by atoms with Crippen LogP contribution >= 0.6 is 0 Å². The van der Waals surface area contributed by atoms with Crippen LogP contribution in [0, 0.1) is 0 Å². The lowest BCUT2D eigenvalue weighted by atomic mass is 10.0. The molecule has 0 bridgehead atoms. The summed E-state index contributed by atoms with van der Waals surface area (Å²) in [6.45, 7) is 6.70. The van der Waals surface area contributed by atoms with Gasteiger partial charge in [0, 0.05) is 14.2 Å². The number of hydrogen-bond acceptors (Lipinski definition) is 12. The van der Waals surface area contributed by atoms with Gasteiger partial charge in [-0.25, -0.2) is 0 Å². The van der Waals surface area contributed by atoms with Gasteiger partial charge in [0.15, 0.2) is 24.2 Å². The third kappa shape index (κ3) is 5.58. The van der Waals surface area contributed by atoms with Gasteiger partial charge >= 0.3 is 0 Å². The number of hydrogen-bond donors (Lipinski definition) is 2. The van der Waals surface area contributed by atoms with Crippen molar-refractivity contribution in [1.29, 1.82) is 0 Å². The van der Waals surface area contributed by atoms with Crippen molar-refractivity contribution in [2.75, 3.05) is 37.1 Å². The minimum atomic E-state index is -1.20. The molecule has 1 aromatic rings. The predicted octanol–water partition coefficient (Wildman–Crippen LogP) is 0.261. The molecule has 0 unspecified atom stereocenters. The maximum Gasteiger partial charge on any atom is 0.236 e. The summed E-state index contributed by atoms with van der Waals surface area (Å²) in [6, 6.07) is 6.82. The Labute approximate surface area is 249 Å². The second kappa shape index (κ2) is 11.3. The SMILES string of the molecule is CO[C@@H]1[C@H]2OC(C)(C)O[C@H]2O[C@@H]1[C@H](O)CN1C(=O)CC(=O)N(C[C@@H](O)[C@H]2O[C@@H]3OC(C)(C)O[C@@H]3[C@H]2OC)c2ccccc21. The Morgan fingerprint density at radius 1 is 0.767 bits per heavy atom. The highest BCUT2D eigenvalue weighted by atomic mass is 16.9. The highest BCUT2D eigenvalue weighted by molar-refractivity contribution is 6.15. The number of carbonyl (C=O) groups excluding carboxylic acids is 2. The number of β-amino-alcohol motifs (C(OH)–C–C–N with tert-alkyl or cyclic N) is 2. The number of carbonyl (C=O) groups is 2. The van der Waals surface area contributed by atoms with Crippen molar-refractivity contribution in [3.8, 4) is 0 Å². The standard InChI is InChI=1S/C29H40N2O12/c1-28(2)40-24-22(36-5)20(38-26(24)42-28)16(32)12-30-14-9-7-8-10-15(14)31(19(35)11-18(30)34)13-17(33)21-23(37-6)25-27(39-21)43-29(3,4)41-25/h7-10,16-17,20-27,32-33H,11-13H2,1-6H3/t16-,17-,20-,21-,22+,23+,24-,25-,26-,27-/m1/s1. The average Bonchev–Trinajstić information content (AvgIpc) is 3.61. The highest BCUT2D eigenvalue weighted by Gasteiger charge is 2.58. The number of fused-ring (bicyclic) bond motifs is 3. The number of benzene rings is 1. The third-order valence-corrected chi connectivity index (χ3v) is 8.46. The predicted molar refractivity (Wildman–Crippen MR) is 147 cm³/mol. The summed E-state index contributed by atoms with van der Waals surface area (Å²) in [4.78, 5) is 29.6. The summed E-state index contributed by atoms with van der Waals surface area (Å²) < 4.78 is 46.7. The number of amides is 2. The van der Waals surface area contributed by atoms with Crippen LogP contribution in [0.5, 0.6) is 0 Å². The molecule has 0 aromatic heterocycles. The lowest BCUT2D eigenvalue weighted by Crippen LogP contribution is -2.48. The summed E-state index contributed by atoms with van der Waals surface area (Å²) in [5, 5.41) is 22.6. The normalized spacial score (nSPS) is 37.7. The van der Waals surface area contributed by atoms with E-state index in [4.69, 9.17) is 37.9 Å². The van der Waals surface area contributed by atoms with E-state index < -0.39 is 91.2 Å².